The van der Waals surface area contributed by atoms with Crippen molar-refractivity contribution in [2.45, 2.75) is 32.8 Å². The Morgan fingerprint density at radius 1 is 1.21 bits per heavy atom. The van der Waals surface area contributed by atoms with E-state index in [1.807, 2.05) is 39.0 Å². The summed E-state index contributed by atoms with van der Waals surface area (Å²) in [5.74, 6) is 0. The lowest BCUT2D eigenvalue weighted by Crippen LogP contribution is -2.23. The van der Waals surface area contributed by atoms with Gasteiger partial charge in [-0.05, 0) is 38.6 Å². The quantitative estimate of drug-likeness (QED) is 0.689. The molecule has 1 aromatic carbocycles. The normalized spacial score (nSPS) is 11.1. The van der Waals surface area contributed by atoms with Gasteiger partial charge < -0.3 is 4.74 Å². The van der Waals surface area contributed by atoms with E-state index >= 15 is 0 Å². The van der Waals surface area contributed by atoms with Gasteiger partial charge in [0.15, 0.2) is 5.05 Å². The van der Waals surface area contributed by atoms with Crippen molar-refractivity contribution in [2.24, 2.45) is 0 Å². The fraction of sp³-hybridized carbons (Fsp3) is 0.417. The minimum atomic E-state index is -0.189. The number of rotatable bonds is 2. The summed E-state index contributed by atoms with van der Waals surface area (Å²) < 4.78 is 5.57. The van der Waals surface area contributed by atoms with Crippen LogP contribution in [-0.4, -0.2) is 10.7 Å². The molecule has 0 heterocycles. The Morgan fingerprint density at radius 3 is 2.29 bits per heavy atom. The zero-order chi connectivity index (χ0) is 10.6. The lowest BCUT2D eigenvalue weighted by atomic mass is 10.1. The highest BCUT2D eigenvalue weighted by molar-refractivity contribution is 7.80. The summed E-state index contributed by atoms with van der Waals surface area (Å²) in [7, 11) is 0. The third-order valence-electron chi connectivity index (χ3n) is 1.61. The fourth-order valence-corrected chi connectivity index (χ4v) is 1.56. The Hall–Kier alpha value is -0.890. The molecule has 0 atom stereocenters. The van der Waals surface area contributed by atoms with Crippen LogP contribution in [0.15, 0.2) is 30.3 Å². The Balaban J connectivity index is 2.50. The van der Waals surface area contributed by atoms with E-state index in [1.165, 1.54) is 5.56 Å². The standard InChI is InChI=1S/C12H16OS/c1-12(2,3)13-11(14)9-10-7-5-4-6-8-10/h4-8H,9H2,1-3H3. The molecule has 0 amide bonds. The minimum absolute atomic E-state index is 0.189. The number of ether oxygens (including phenoxy) is 1. The number of hydrogen-bond donors (Lipinski definition) is 0. The zero-order valence-corrected chi connectivity index (χ0v) is 9.73. The lowest BCUT2D eigenvalue weighted by Gasteiger charge is -2.21. The maximum atomic E-state index is 5.57. The first-order chi connectivity index (χ1) is 6.47. The van der Waals surface area contributed by atoms with Crippen molar-refractivity contribution >= 4 is 17.3 Å². The summed E-state index contributed by atoms with van der Waals surface area (Å²) in [6.07, 6.45) is 0.716. The number of benzene rings is 1. The predicted molar refractivity (Wildman–Crippen MR) is 63.6 cm³/mol. The molecule has 0 saturated carbocycles. The minimum Gasteiger partial charge on any atom is -0.481 e. The second-order valence-corrected chi connectivity index (χ2v) is 4.70. The SMILES string of the molecule is CC(C)(C)OC(=S)Cc1ccccc1. The molecule has 1 rings (SSSR count). The van der Waals surface area contributed by atoms with E-state index in [1.54, 1.807) is 0 Å². The maximum absolute atomic E-state index is 5.57. The number of thiocarbonyl (C=S) groups is 1. The molecule has 0 radical (unpaired) electrons. The van der Waals surface area contributed by atoms with E-state index in [0.717, 1.165) is 0 Å². The molecule has 0 spiro atoms. The third kappa shape index (κ3) is 4.38. The molecule has 0 unspecified atom stereocenters. The van der Waals surface area contributed by atoms with Crippen LogP contribution in [-0.2, 0) is 11.2 Å². The van der Waals surface area contributed by atoms with Crippen LogP contribution >= 0.6 is 12.2 Å². The summed E-state index contributed by atoms with van der Waals surface area (Å²) in [6.45, 7) is 6.01. The Labute approximate surface area is 91.1 Å². The highest BCUT2D eigenvalue weighted by Gasteiger charge is 2.13. The molecule has 0 fully saturated rings. The molecule has 0 bridgehead atoms. The summed E-state index contributed by atoms with van der Waals surface area (Å²) in [5, 5.41) is 0.656. The first-order valence-electron chi connectivity index (χ1n) is 4.73. The maximum Gasteiger partial charge on any atom is 0.164 e. The van der Waals surface area contributed by atoms with Gasteiger partial charge in [-0.2, -0.15) is 0 Å². The van der Waals surface area contributed by atoms with Crippen LogP contribution in [0.5, 0.6) is 0 Å². The first-order valence-corrected chi connectivity index (χ1v) is 5.14. The van der Waals surface area contributed by atoms with E-state index in [0.29, 0.717) is 11.5 Å². The Morgan fingerprint density at radius 2 is 1.79 bits per heavy atom. The molecule has 1 aromatic rings. The van der Waals surface area contributed by atoms with Gasteiger partial charge in [0.1, 0.15) is 5.60 Å². The summed E-state index contributed by atoms with van der Waals surface area (Å²) in [5.41, 5.74) is 1.01. The van der Waals surface area contributed by atoms with Crippen molar-refractivity contribution in [1.29, 1.82) is 0 Å². The highest BCUT2D eigenvalue weighted by Crippen LogP contribution is 2.10. The topological polar surface area (TPSA) is 9.23 Å². The second-order valence-electron chi connectivity index (χ2n) is 4.25. The second kappa shape index (κ2) is 4.56. The van der Waals surface area contributed by atoms with Gasteiger partial charge in [-0.15, -0.1) is 0 Å². The van der Waals surface area contributed by atoms with Crippen LogP contribution in [0.4, 0.5) is 0 Å². The van der Waals surface area contributed by atoms with E-state index in [4.69, 9.17) is 17.0 Å². The molecule has 14 heavy (non-hydrogen) atoms. The van der Waals surface area contributed by atoms with Gasteiger partial charge in [-0.1, -0.05) is 30.3 Å². The summed E-state index contributed by atoms with van der Waals surface area (Å²) >= 11 is 5.16. The number of hydrogen-bond acceptors (Lipinski definition) is 2. The molecule has 0 aliphatic carbocycles. The van der Waals surface area contributed by atoms with Crippen molar-refractivity contribution in [2.75, 3.05) is 0 Å². The van der Waals surface area contributed by atoms with Gasteiger partial charge >= 0.3 is 0 Å². The monoisotopic (exact) mass is 208 g/mol. The third-order valence-corrected chi connectivity index (χ3v) is 1.84. The van der Waals surface area contributed by atoms with Crippen LogP contribution < -0.4 is 0 Å². The average Bonchev–Trinajstić information content (AvgIpc) is 2.02. The van der Waals surface area contributed by atoms with Crippen molar-refractivity contribution in [3.05, 3.63) is 35.9 Å². The Kier molecular flexibility index (Phi) is 3.64. The molecule has 0 saturated heterocycles. The van der Waals surface area contributed by atoms with Crippen LogP contribution in [0.2, 0.25) is 0 Å². The molecule has 0 N–H and O–H groups in total. The average molecular weight is 208 g/mol. The largest absolute Gasteiger partial charge is 0.481 e. The van der Waals surface area contributed by atoms with E-state index in [9.17, 15) is 0 Å². The van der Waals surface area contributed by atoms with Crippen molar-refractivity contribution in [3.63, 3.8) is 0 Å². The molecule has 1 nitrogen and oxygen atoms in total. The van der Waals surface area contributed by atoms with Crippen LogP contribution in [0, 0.1) is 0 Å². The van der Waals surface area contributed by atoms with Crippen molar-refractivity contribution < 1.29 is 4.74 Å². The van der Waals surface area contributed by atoms with Gasteiger partial charge in [0.25, 0.3) is 0 Å². The van der Waals surface area contributed by atoms with Gasteiger partial charge in [0.2, 0.25) is 0 Å². The lowest BCUT2D eigenvalue weighted by molar-refractivity contribution is 0.118. The molecule has 2 heteroatoms. The first kappa shape index (κ1) is 11.2. The van der Waals surface area contributed by atoms with Crippen LogP contribution in [0.25, 0.3) is 0 Å². The highest BCUT2D eigenvalue weighted by atomic mass is 32.1. The Bertz CT molecular complexity index is 298. The van der Waals surface area contributed by atoms with E-state index in [-0.39, 0.29) is 5.60 Å². The van der Waals surface area contributed by atoms with Crippen LogP contribution in [0.3, 0.4) is 0 Å². The van der Waals surface area contributed by atoms with E-state index < -0.39 is 0 Å². The van der Waals surface area contributed by atoms with Gasteiger partial charge in [0, 0.05) is 6.42 Å². The molecule has 76 valence electrons. The molecular weight excluding hydrogens is 192 g/mol. The fourth-order valence-electron chi connectivity index (χ4n) is 1.14. The van der Waals surface area contributed by atoms with Crippen molar-refractivity contribution in [3.8, 4) is 0 Å². The molecule has 0 aliphatic rings. The van der Waals surface area contributed by atoms with Gasteiger partial charge in [0.05, 0.1) is 0 Å². The van der Waals surface area contributed by atoms with Gasteiger partial charge in [-0.3, -0.25) is 0 Å². The predicted octanol–water partition coefficient (Wildman–Crippen LogP) is 3.37. The van der Waals surface area contributed by atoms with Crippen LogP contribution in [0.1, 0.15) is 26.3 Å². The smallest absolute Gasteiger partial charge is 0.164 e. The summed E-state index contributed by atoms with van der Waals surface area (Å²) in [4.78, 5) is 0. The molecule has 0 aromatic heterocycles. The molecular formula is C12H16OS. The zero-order valence-electron chi connectivity index (χ0n) is 8.91. The molecule has 0 aliphatic heterocycles. The van der Waals surface area contributed by atoms with Gasteiger partial charge in [-0.25, -0.2) is 0 Å². The van der Waals surface area contributed by atoms with E-state index in [2.05, 4.69) is 12.1 Å². The van der Waals surface area contributed by atoms with Crippen molar-refractivity contribution in [1.82, 2.24) is 0 Å². The summed E-state index contributed by atoms with van der Waals surface area (Å²) in [6, 6.07) is 10.1.